The van der Waals surface area contributed by atoms with Crippen LogP contribution in [0.3, 0.4) is 0 Å². The van der Waals surface area contributed by atoms with Crippen molar-refractivity contribution in [3.8, 4) is 11.5 Å². The number of aliphatic hydroxyl groups excluding tert-OH is 1. The lowest BCUT2D eigenvalue weighted by atomic mass is 9.95. The summed E-state index contributed by atoms with van der Waals surface area (Å²) in [6.45, 7) is 2.47. The van der Waals surface area contributed by atoms with E-state index in [9.17, 15) is 19.8 Å². The Kier molecular flexibility index (Phi) is 6.82. The molecule has 1 fully saturated rings. The van der Waals surface area contributed by atoms with Gasteiger partial charge in [0.2, 0.25) is 0 Å². The molecule has 1 aliphatic rings. The minimum absolute atomic E-state index is 0.0501. The van der Waals surface area contributed by atoms with Gasteiger partial charge in [0.1, 0.15) is 17.3 Å². The molecule has 1 saturated heterocycles. The van der Waals surface area contributed by atoms with Crippen molar-refractivity contribution in [1.29, 1.82) is 0 Å². The first kappa shape index (κ1) is 23.7. The maximum Gasteiger partial charge on any atom is 0.300 e. The molecule has 0 aromatic heterocycles. The van der Waals surface area contributed by atoms with Gasteiger partial charge in [-0.3, -0.25) is 14.5 Å². The van der Waals surface area contributed by atoms with Gasteiger partial charge in [0.05, 0.1) is 23.2 Å². The van der Waals surface area contributed by atoms with Crippen molar-refractivity contribution in [2.24, 2.45) is 0 Å². The fraction of sp³-hybridized carbons (Fsp3) is 0.154. The monoisotopic (exact) mass is 497 g/mol. The lowest BCUT2D eigenvalue weighted by Crippen LogP contribution is -2.29. The number of ketones is 1. The van der Waals surface area contributed by atoms with Gasteiger partial charge in [-0.2, -0.15) is 0 Å². The van der Waals surface area contributed by atoms with Gasteiger partial charge in [-0.25, -0.2) is 0 Å². The van der Waals surface area contributed by atoms with Crippen molar-refractivity contribution in [2.45, 2.75) is 19.4 Å². The number of carbonyl (C=O) groups is 2. The fourth-order valence-corrected chi connectivity index (χ4v) is 4.13. The Morgan fingerprint density at radius 2 is 1.76 bits per heavy atom. The summed E-state index contributed by atoms with van der Waals surface area (Å²) < 4.78 is 5.64. The topological polar surface area (TPSA) is 87.1 Å². The zero-order chi connectivity index (χ0) is 24.4. The van der Waals surface area contributed by atoms with E-state index >= 15 is 0 Å². The van der Waals surface area contributed by atoms with Gasteiger partial charge >= 0.3 is 0 Å². The Labute approximate surface area is 206 Å². The molecule has 3 aromatic carbocycles. The van der Waals surface area contributed by atoms with Crippen LogP contribution in [0, 0.1) is 0 Å². The molecule has 0 saturated carbocycles. The number of Topliss-reactive ketones (excluding diaryl/α,β-unsaturated/α-hetero) is 1. The SMILES string of the molecule is CCCOc1cccc(/C(O)=C2/C(=O)C(=O)N(c3ccc(Cl)cc3)C2c2ccc(O)c(Cl)c2)c1. The van der Waals surface area contributed by atoms with Crippen LogP contribution in [-0.2, 0) is 9.59 Å². The molecule has 8 heteroatoms. The number of hydrogen-bond acceptors (Lipinski definition) is 5. The Morgan fingerprint density at radius 1 is 1.03 bits per heavy atom. The molecule has 174 valence electrons. The van der Waals surface area contributed by atoms with Crippen molar-refractivity contribution in [1.82, 2.24) is 0 Å². The summed E-state index contributed by atoms with van der Waals surface area (Å²) >= 11 is 12.2. The van der Waals surface area contributed by atoms with Crippen LogP contribution in [0.4, 0.5) is 5.69 Å². The fourth-order valence-electron chi connectivity index (χ4n) is 3.82. The van der Waals surface area contributed by atoms with E-state index in [2.05, 4.69) is 0 Å². The summed E-state index contributed by atoms with van der Waals surface area (Å²) in [5.74, 6) is -1.61. The molecule has 1 heterocycles. The third kappa shape index (κ3) is 4.47. The lowest BCUT2D eigenvalue weighted by molar-refractivity contribution is -0.132. The summed E-state index contributed by atoms with van der Waals surface area (Å²) in [7, 11) is 0. The summed E-state index contributed by atoms with van der Waals surface area (Å²) in [6.07, 6.45) is 0.810. The van der Waals surface area contributed by atoms with Crippen molar-refractivity contribution < 1.29 is 24.5 Å². The molecule has 1 unspecified atom stereocenters. The van der Waals surface area contributed by atoms with Crippen molar-refractivity contribution >= 4 is 46.3 Å². The number of carbonyl (C=O) groups excluding carboxylic acids is 2. The average Bonchev–Trinajstić information content (AvgIpc) is 3.10. The first-order chi connectivity index (χ1) is 16.3. The van der Waals surface area contributed by atoms with E-state index in [1.807, 2.05) is 6.92 Å². The maximum absolute atomic E-state index is 13.2. The van der Waals surface area contributed by atoms with E-state index < -0.39 is 17.7 Å². The van der Waals surface area contributed by atoms with Gasteiger partial charge in [0.15, 0.2) is 0 Å². The third-order valence-electron chi connectivity index (χ3n) is 5.42. The van der Waals surface area contributed by atoms with Crippen molar-refractivity contribution in [3.05, 3.63) is 93.5 Å². The molecular weight excluding hydrogens is 477 g/mol. The quantitative estimate of drug-likeness (QED) is 0.243. The van der Waals surface area contributed by atoms with E-state index in [1.54, 1.807) is 54.6 Å². The van der Waals surface area contributed by atoms with Crippen molar-refractivity contribution in [3.63, 3.8) is 0 Å². The third-order valence-corrected chi connectivity index (χ3v) is 5.97. The zero-order valence-electron chi connectivity index (χ0n) is 18.2. The number of rotatable bonds is 6. The van der Waals surface area contributed by atoms with Gasteiger partial charge in [0.25, 0.3) is 11.7 Å². The second kappa shape index (κ2) is 9.79. The molecule has 2 N–H and O–H groups in total. The van der Waals surface area contributed by atoms with Gasteiger partial charge < -0.3 is 14.9 Å². The highest BCUT2D eigenvalue weighted by atomic mass is 35.5. The highest BCUT2D eigenvalue weighted by Crippen LogP contribution is 2.43. The molecular formula is C26H21Cl2NO5. The van der Waals surface area contributed by atoms with E-state index in [0.717, 1.165) is 6.42 Å². The molecule has 1 atom stereocenters. The predicted molar refractivity (Wildman–Crippen MR) is 132 cm³/mol. The zero-order valence-corrected chi connectivity index (χ0v) is 19.7. The standard InChI is InChI=1S/C26H21Cl2NO5/c1-2-12-34-19-5-3-4-16(13-19)24(31)22-23(15-6-11-21(30)20(28)14-15)29(26(33)25(22)32)18-9-7-17(27)8-10-18/h3-11,13-14,23,30-31H,2,12H2,1H3/b24-22-. The van der Waals surface area contributed by atoms with Crippen LogP contribution in [0.25, 0.3) is 5.76 Å². The number of amides is 1. The van der Waals surface area contributed by atoms with Crippen LogP contribution in [-0.4, -0.2) is 28.5 Å². The van der Waals surface area contributed by atoms with Crippen LogP contribution < -0.4 is 9.64 Å². The molecule has 4 rings (SSSR count). The smallest absolute Gasteiger partial charge is 0.300 e. The minimum atomic E-state index is -0.987. The second-order valence-electron chi connectivity index (χ2n) is 7.73. The Hall–Kier alpha value is -3.48. The molecule has 0 spiro atoms. The van der Waals surface area contributed by atoms with Crippen LogP contribution in [0.1, 0.15) is 30.5 Å². The van der Waals surface area contributed by atoms with Gasteiger partial charge in [-0.1, -0.05) is 48.3 Å². The average molecular weight is 498 g/mol. The number of aromatic hydroxyl groups is 1. The number of halogens is 2. The van der Waals surface area contributed by atoms with Crippen molar-refractivity contribution in [2.75, 3.05) is 11.5 Å². The van der Waals surface area contributed by atoms with Crippen LogP contribution >= 0.6 is 23.2 Å². The largest absolute Gasteiger partial charge is 0.507 e. The van der Waals surface area contributed by atoms with Crippen LogP contribution in [0.5, 0.6) is 11.5 Å². The highest BCUT2D eigenvalue weighted by molar-refractivity contribution is 6.51. The molecule has 0 aliphatic carbocycles. The number of ether oxygens (including phenoxy) is 1. The minimum Gasteiger partial charge on any atom is -0.507 e. The van der Waals surface area contributed by atoms with Crippen LogP contribution in [0.2, 0.25) is 10.0 Å². The van der Waals surface area contributed by atoms with Gasteiger partial charge in [-0.05, 0) is 60.5 Å². The lowest BCUT2D eigenvalue weighted by Gasteiger charge is -2.25. The highest BCUT2D eigenvalue weighted by Gasteiger charge is 2.47. The number of phenolic OH excluding ortho intramolecular Hbond substituents is 1. The second-order valence-corrected chi connectivity index (χ2v) is 8.58. The normalized spacial score (nSPS) is 17.3. The van der Waals surface area contributed by atoms with Gasteiger partial charge in [0, 0.05) is 16.3 Å². The summed E-state index contributed by atoms with van der Waals surface area (Å²) in [4.78, 5) is 27.7. The predicted octanol–water partition coefficient (Wildman–Crippen LogP) is 6.11. The number of phenols is 1. The number of benzene rings is 3. The van der Waals surface area contributed by atoms with Gasteiger partial charge in [-0.15, -0.1) is 0 Å². The van der Waals surface area contributed by atoms with E-state index in [0.29, 0.717) is 34.2 Å². The molecule has 0 radical (unpaired) electrons. The first-order valence-corrected chi connectivity index (χ1v) is 11.4. The Balaban J connectivity index is 1.90. The maximum atomic E-state index is 13.2. The Bertz CT molecular complexity index is 1290. The molecule has 0 bridgehead atoms. The summed E-state index contributed by atoms with van der Waals surface area (Å²) in [5, 5.41) is 21.6. The number of nitrogens with zero attached hydrogens (tertiary/aromatic N) is 1. The van der Waals surface area contributed by atoms with E-state index in [-0.39, 0.29) is 22.1 Å². The number of aliphatic hydroxyl groups is 1. The number of hydrogen-bond donors (Lipinski definition) is 2. The van der Waals surface area contributed by atoms with E-state index in [1.165, 1.54) is 17.0 Å². The Morgan fingerprint density at radius 3 is 2.44 bits per heavy atom. The molecule has 1 amide bonds. The number of anilines is 1. The molecule has 1 aliphatic heterocycles. The summed E-state index contributed by atoms with van der Waals surface area (Å²) in [6, 6.07) is 16.5. The van der Waals surface area contributed by atoms with E-state index in [4.69, 9.17) is 27.9 Å². The molecule has 34 heavy (non-hydrogen) atoms. The molecule has 3 aromatic rings. The summed E-state index contributed by atoms with van der Waals surface area (Å²) in [5.41, 5.74) is 1.09. The molecule has 6 nitrogen and oxygen atoms in total. The first-order valence-electron chi connectivity index (χ1n) is 10.6. The van der Waals surface area contributed by atoms with Crippen LogP contribution in [0.15, 0.2) is 72.3 Å².